The number of carbonyl (C=O) groups is 1. The molecule has 0 aliphatic carbocycles. The number of aryl methyl sites for hydroxylation is 1. The summed E-state index contributed by atoms with van der Waals surface area (Å²) in [7, 11) is 0. The first-order valence-corrected chi connectivity index (χ1v) is 9.38. The van der Waals surface area contributed by atoms with Crippen molar-refractivity contribution in [2.75, 3.05) is 37.7 Å². The summed E-state index contributed by atoms with van der Waals surface area (Å²) in [4.78, 5) is 34.2. The van der Waals surface area contributed by atoms with Crippen LogP contribution in [0.25, 0.3) is 0 Å². The molecule has 0 atom stereocenters. The van der Waals surface area contributed by atoms with E-state index in [9.17, 15) is 9.59 Å². The highest BCUT2D eigenvalue weighted by Crippen LogP contribution is 2.15. The van der Waals surface area contributed by atoms with Gasteiger partial charge in [0.15, 0.2) is 0 Å². The summed E-state index contributed by atoms with van der Waals surface area (Å²) >= 11 is 0. The normalized spacial score (nSPS) is 15.2. The van der Waals surface area contributed by atoms with Crippen LogP contribution in [-0.4, -0.2) is 54.3 Å². The van der Waals surface area contributed by atoms with Crippen molar-refractivity contribution in [2.24, 2.45) is 5.73 Å². The number of hydrogen-bond donors (Lipinski definition) is 3. The average molecular weight is 365 g/mol. The lowest BCUT2D eigenvalue weighted by Gasteiger charge is -2.31. The molecule has 1 amide bonds. The van der Waals surface area contributed by atoms with Crippen LogP contribution in [0.4, 0.5) is 5.95 Å². The van der Waals surface area contributed by atoms with Crippen LogP contribution < -0.4 is 21.5 Å². The van der Waals surface area contributed by atoms with Crippen LogP contribution in [-0.2, 0) is 16.0 Å². The topological polar surface area (TPSA) is 113 Å². The number of hydrogen-bond acceptors (Lipinski definition) is 6. The molecule has 0 unspecified atom stereocenters. The summed E-state index contributed by atoms with van der Waals surface area (Å²) in [6, 6.07) is 0. The Morgan fingerprint density at radius 2 is 2.00 bits per heavy atom. The molecule has 2 rings (SSSR count). The van der Waals surface area contributed by atoms with Gasteiger partial charge in [-0.15, -0.1) is 0 Å². The van der Waals surface area contributed by atoms with E-state index >= 15 is 0 Å². The molecule has 4 N–H and O–H groups in total. The Labute approximate surface area is 154 Å². The number of amides is 1. The molecule has 1 aliphatic rings. The lowest BCUT2D eigenvalue weighted by molar-refractivity contribution is -0.123. The van der Waals surface area contributed by atoms with Crippen molar-refractivity contribution in [3.63, 3.8) is 0 Å². The molecule has 26 heavy (non-hydrogen) atoms. The van der Waals surface area contributed by atoms with Gasteiger partial charge in [0, 0.05) is 37.3 Å². The summed E-state index contributed by atoms with van der Waals surface area (Å²) in [5.74, 6) is 0.485. The molecule has 0 radical (unpaired) electrons. The number of carbonyl (C=O) groups excluding carboxylic acids is 1. The summed E-state index contributed by atoms with van der Waals surface area (Å²) in [5, 5.41) is 3.03. The predicted octanol–water partition coefficient (Wildman–Crippen LogP) is 0.481. The number of nitrogens with two attached hydrogens (primary N) is 1. The number of ether oxygens (including phenoxy) is 1. The van der Waals surface area contributed by atoms with Gasteiger partial charge in [-0.1, -0.05) is 13.8 Å². The van der Waals surface area contributed by atoms with Crippen LogP contribution in [0.2, 0.25) is 0 Å². The van der Waals surface area contributed by atoms with E-state index in [0.29, 0.717) is 56.5 Å². The van der Waals surface area contributed by atoms with E-state index in [1.807, 2.05) is 25.7 Å². The predicted molar refractivity (Wildman–Crippen MR) is 101 cm³/mol. The molecule has 1 aliphatic heterocycles. The van der Waals surface area contributed by atoms with Gasteiger partial charge in [-0.05, 0) is 26.2 Å². The largest absolute Gasteiger partial charge is 0.378 e. The lowest BCUT2D eigenvalue weighted by atomic mass is 9.92. The third-order valence-electron chi connectivity index (χ3n) is 5.27. The van der Waals surface area contributed by atoms with Crippen molar-refractivity contribution in [3.8, 4) is 0 Å². The molecule has 1 saturated heterocycles. The summed E-state index contributed by atoms with van der Waals surface area (Å²) < 4.78 is 5.32. The Kier molecular flexibility index (Phi) is 7.16. The maximum absolute atomic E-state index is 12.5. The van der Waals surface area contributed by atoms with Gasteiger partial charge in [0.2, 0.25) is 11.9 Å². The molecule has 0 spiro atoms. The highest BCUT2D eigenvalue weighted by atomic mass is 16.5. The zero-order valence-electron chi connectivity index (χ0n) is 16.1. The van der Waals surface area contributed by atoms with E-state index in [4.69, 9.17) is 10.5 Å². The van der Waals surface area contributed by atoms with E-state index in [0.717, 1.165) is 12.8 Å². The second-order valence-electron chi connectivity index (χ2n) is 6.79. The monoisotopic (exact) mass is 365 g/mol. The van der Waals surface area contributed by atoms with Crippen LogP contribution in [0.1, 0.15) is 44.4 Å². The van der Waals surface area contributed by atoms with Crippen LogP contribution in [0, 0.1) is 6.92 Å². The highest BCUT2D eigenvalue weighted by Gasteiger charge is 2.26. The molecule has 8 nitrogen and oxygen atoms in total. The first-order chi connectivity index (χ1) is 12.4. The molecule has 8 heteroatoms. The summed E-state index contributed by atoms with van der Waals surface area (Å²) in [6.45, 7) is 8.92. The van der Waals surface area contributed by atoms with Gasteiger partial charge in [0.25, 0.3) is 5.56 Å². The molecule has 146 valence electrons. The van der Waals surface area contributed by atoms with Crippen molar-refractivity contribution in [1.82, 2.24) is 15.3 Å². The molecule has 0 aromatic carbocycles. The van der Waals surface area contributed by atoms with Gasteiger partial charge in [0.1, 0.15) is 0 Å². The number of nitrogens with zero attached hydrogens (tertiary/aromatic N) is 2. The minimum Gasteiger partial charge on any atom is -0.378 e. The van der Waals surface area contributed by atoms with E-state index in [2.05, 4.69) is 15.3 Å². The van der Waals surface area contributed by atoms with Gasteiger partial charge >= 0.3 is 0 Å². The van der Waals surface area contributed by atoms with E-state index < -0.39 is 0 Å². The van der Waals surface area contributed by atoms with Crippen LogP contribution in [0.5, 0.6) is 0 Å². The number of nitrogens with one attached hydrogen (secondary N) is 2. The molecule has 0 saturated carbocycles. The fraction of sp³-hybridized carbons (Fsp3) is 0.722. The third-order valence-corrected chi connectivity index (χ3v) is 5.27. The molecule has 1 aromatic rings. The minimum absolute atomic E-state index is 0.0878. The number of rotatable bonds is 8. The fourth-order valence-corrected chi connectivity index (χ4v) is 3.18. The molecule has 1 fully saturated rings. The van der Waals surface area contributed by atoms with Gasteiger partial charge in [-0.2, -0.15) is 0 Å². The quantitative estimate of drug-likeness (QED) is 0.618. The van der Waals surface area contributed by atoms with Crippen LogP contribution in [0.3, 0.4) is 0 Å². The molecular weight excluding hydrogens is 334 g/mol. The van der Waals surface area contributed by atoms with E-state index in [1.165, 1.54) is 0 Å². The fourth-order valence-electron chi connectivity index (χ4n) is 3.18. The Hall–Kier alpha value is -1.93. The Balaban J connectivity index is 2.03. The Bertz CT molecular complexity index is 655. The average Bonchev–Trinajstić information content (AvgIpc) is 2.66. The second-order valence-corrected chi connectivity index (χ2v) is 6.79. The van der Waals surface area contributed by atoms with E-state index in [-0.39, 0.29) is 23.4 Å². The minimum atomic E-state index is -0.364. The highest BCUT2D eigenvalue weighted by molar-refractivity contribution is 5.77. The molecule has 2 heterocycles. The van der Waals surface area contributed by atoms with Gasteiger partial charge < -0.3 is 20.7 Å². The number of morpholine rings is 1. The number of H-pyrrole nitrogens is 1. The number of anilines is 1. The zero-order valence-corrected chi connectivity index (χ0v) is 16.1. The van der Waals surface area contributed by atoms with Gasteiger partial charge in [0.05, 0.1) is 18.8 Å². The Morgan fingerprint density at radius 3 is 2.54 bits per heavy atom. The standard InChI is InChI=1S/C18H31N5O3/c1-4-18(5-2,12-19)22-15(24)7-6-14-13(3)20-17(21-16(14)25)23-8-10-26-11-9-23/h4-12,19H2,1-3H3,(H,22,24)(H,20,21,25). The summed E-state index contributed by atoms with van der Waals surface area (Å²) in [5.41, 5.74) is 6.51. The van der Waals surface area contributed by atoms with Crippen molar-refractivity contribution in [2.45, 2.75) is 52.0 Å². The smallest absolute Gasteiger partial charge is 0.255 e. The SMILES string of the molecule is CCC(CC)(CN)NC(=O)CCc1c(C)nc(N2CCOCC2)[nH]c1=O. The van der Waals surface area contributed by atoms with Crippen LogP contribution in [0.15, 0.2) is 4.79 Å². The van der Waals surface area contributed by atoms with Crippen molar-refractivity contribution in [1.29, 1.82) is 0 Å². The van der Waals surface area contributed by atoms with Crippen molar-refractivity contribution < 1.29 is 9.53 Å². The first-order valence-electron chi connectivity index (χ1n) is 9.38. The molecule has 0 bridgehead atoms. The van der Waals surface area contributed by atoms with Crippen molar-refractivity contribution in [3.05, 3.63) is 21.6 Å². The number of aromatic nitrogens is 2. The van der Waals surface area contributed by atoms with Gasteiger partial charge in [-0.25, -0.2) is 4.98 Å². The first kappa shape index (κ1) is 20.4. The maximum atomic E-state index is 12.5. The number of aromatic amines is 1. The Morgan fingerprint density at radius 1 is 1.35 bits per heavy atom. The van der Waals surface area contributed by atoms with Crippen molar-refractivity contribution >= 4 is 11.9 Å². The third kappa shape index (κ3) is 4.82. The van der Waals surface area contributed by atoms with Crippen LogP contribution >= 0.6 is 0 Å². The molecular formula is C18H31N5O3. The second kappa shape index (κ2) is 9.14. The summed E-state index contributed by atoms with van der Waals surface area (Å²) in [6.07, 6.45) is 2.16. The zero-order chi connectivity index (χ0) is 19.2. The van der Waals surface area contributed by atoms with Gasteiger partial charge in [-0.3, -0.25) is 14.6 Å². The molecule has 1 aromatic heterocycles. The lowest BCUT2D eigenvalue weighted by Crippen LogP contribution is -2.53. The maximum Gasteiger partial charge on any atom is 0.255 e. The van der Waals surface area contributed by atoms with E-state index in [1.54, 1.807) is 0 Å².